The lowest BCUT2D eigenvalue weighted by Gasteiger charge is -2.25. The lowest BCUT2D eigenvalue weighted by molar-refractivity contribution is 0.316. The van der Waals surface area contributed by atoms with Gasteiger partial charge in [0.2, 0.25) is 10.0 Å². The zero-order valence-corrected chi connectivity index (χ0v) is 10.8. The van der Waals surface area contributed by atoms with Crippen LogP contribution in [0.2, 0.25) is 0 Å². The molecule has 1 aromatic carbocycles. The van der Waals surface area contributed by atoms with E-state index in [1.165, 1.54) is 6.42 Å². The number of aryl methyl sites for hydroxylation is 1. The van der Waals surface area contributed by atoms with E-state index in [0.29, 0.717) is 23.7 Å². The van der Waals surface area contributed by atoms with Gasteiger partial charge in [0, 0.05) is 6.54 Å². The summed E-state index contributed by atoms with van der Waals surface area (Å²) in [5, 5.41) is 0. The summed E-state index contributed by atoms with van der Waals surface area (Å²) in [5.74, 6) is 0.495. The molecule has 0 spiro atoms. The number of nitrogen functional groups attached to an aromatic ring is 1. The highest BCUT2D eigenvalue weighted by molar-refractivity contribution is 7.89. The first kappa shape index (κ1) is 12.4. The summed E-state index contributed by atoms with van der Waals surface area (Å²) in [5.41, 5.74) is 6.74. The van der Waals surface area contributed by atoms with E-state index < -0.39 is 10.0 Å². The predicted octanol–water partition coefficient (Wildman–Crippen LogP) is 1.66. The van der Waals surface area contributed by atoms with Gasteiger partial charge in [0.25, 0.3) is 0 Å². The summed E-state index contributed by atoms with van der Waals surface area (Å²) in [4.78, 5) is 0.222. The molecule has 5 heteroatoms. The molecule has 17 heavy (non-hydrogen) atoms. The molecule has 1 aromatic rings. The summed E-state index contributed by atoms with van der Waals surface area (Å²) < 4.78 is 26.9. The molecule has 0 radical (unpaired) electrons. The summed E-state index contributed by atoms with van der Waals surface area (Å²) in [6.07, 6.45) is 3.44. The van der Waals surface area contributed by atoms with Gasteiger partial charge in [-0.3, -0.25) is 0 Å². The van der Waals surface area contributed by atoms with Crippen LogP contribution < -0.4 is 10.5 Å². The third kappa shape index (κ3) is 2.61. The number of anilines is 1. The molecule has 0 heterocycles. The SMILES string of the molecule is Cc1cccc(N)c1S(=O)(=O)NCC1CCC1. The smallest absolute Gasteiger partial charge is 0.242 e. The standard InChI is InChI=1S/C12H18N2O2S/c1-9-4-2-7-11(13)12(9)17(15,16)14-8-10-5-3-6-10/h2,4,7,10,14H,3,5-6,8,13H2,1H3. The van der Waals surface area contributed by atoms with Gasteiger partial charge in [-0.05, 0) is 37.3 Å². The maximum Gasteiger partial charge on any atom is 0.242 e. The van der Waals surface area contributed by atoms with E-state index in [0.717, 1.165) is 12.8 Å². The summed E-state index contributed by atoms with van der Waals surface area (Å²) in [6.45, 7) is 2.28. The minimum atomic E-state index is -3.47. The van der Waals surface area contributed by atoms with Crippen molar-refractivity contribution < 1.29 is 8.42 Å². The van der Waals surface area contributed by atoms with Crippen LogP contribution in [-0.2, 0) is 10.0 Å². The molecule has 3 N–H and O–H groups in total. The van der Waals surface area contributed by atoms with Crippen molar-refractivity contribution in [3.05, 3.63) is 23.8 Å². The van der Waals surface area contributed by atoms with E-state index in [2.05, 4.69) is 4.72 Å². The number of rotatable bonds is 4. The van der Waals surface area contributed by atoms with Gasteiger partial charge in [-0.25, -0.2) is 13.1 Å². The number of nitrogens with two attached hydrogens (primary N) is 1. The summed E-state index contributed by atoms with van der Waals surface area (Å²) >= 11 is 0. The fraction of sp³-hybridized carbons (Fsp3) is 0.500. The van der Waals surface area contributed by atoms with Crippen LogP contribution >= 0.6 is 0 Å². The van der Waals surface area contributed by atoms with E-state index in [9.17, 15) is 8.42 Å². The van der Waals surface area contributed by atoms with Crippen LogP contribution in [0.3, 0.4) is 0 Å². The number of nitrogens with one attached hydrogen (secondary N) is 1. The lowest BCUT2D eigenvalue weighted by Crippen LogP contribution is -2.32. The van der Waals surface area contributed by atoms with Crippen molar-refractivity contribution in [1.29, 1.82) is 0 Å². The van der Waals surface area contributed by atoms with Crippen molar-refractivity contribution in [3.8, 4) is 0 Å². The van der Waals surface area contributed by atoms with Gasteiger partial charge in [0.15, 0.2) is 0 Å². The molecule has 0 aromatic heterocycles. The molecule has 1 fully saturated rings. The van der Waals surface area contributed by atoms with Crippen LogP contribution in [0, 0.1) is 12.8 Å². The molecule has 1 aliphatic carbocycles. The second-order valence-electron chi connectivity index (χ2n) is 4.64. The molecule has 1 saturated carbocycles. The molecule has 0 atom stereocenters. The predicted molar refractivity (Wildman–Crippen MR) is 68.1 cm³/mol. The molecule has 0 aliphatic heterocycles. The van der Waals surface area contributed by atoms with Crippen molar-refractivity contribution in [2.45, 2.75) is 31.1 Å². The second-order valence-corrected chi connectivity index (χ2v) is 6.35. The number of hydrogen-bond donors (Lipinski definition) is 2. The number of benzene rings is 1. The largest absolute Gasteiger partial charge is 0.398 e. The molecule has 2 rings (SSSR count). The fourth-order valence-corrected chi connectivity index (χ4v) is 3.51. The highest BCUT2D eigenvalue weighted by atomic mass is 32.2. The third-order valence-electron chi connectivity index (χ3n) is 3.30. The molecule has 4 nitrogen and oxygen atoms in total. The van der Waals surface area contributed by atoms with Crippen molar-refractivity contribution in [2.24, 2.45) is 5.92 Å². The van der Waals surface area contributed by atoms with E-state index in [4.69, 9.17) is 5.73 Å². The Bertz CT molecular complexity index is 487. The topological polar surface area (TPSA) is 72.2 Å². The third-order valence-corrected chi connectivity index (χ3v) is 4.94. The number of hydrogen-bond acceptors (Lipinski definition) is 3. The molecular formula is C12H18N2O2S. The van der Waals surface area contributed by atoms with Crippen LogP contribution in [-0.4, -0.2) is 15.0 Å². The van der Waals surface area contributed by atoms with E-state index in [1.807, 2.05) is 0 Å². The average Bonchev–Trinajstić information content (AvgIpc) is 2.13. The first-order valence-corrected chi connectivity index (χ1v) is 7.34. The van der Waals surface area contributed by atoms with Crippen molar-refractivity contribution in [2.75, 3.05) is 12.3 Å². The minimum Gasteiger partial charge on any atom is -0.398 e. The van der Waals surface area contributed by atoms with E-state index >= 15 is 0 Å². The van der Waals surface area contributed by atoms with Gasteiger partial charge < -0.3 is 5.73 Å². The molecule has 0 saturated heterocycles. The first-order chi connectivity index (χ1) is 8.00. The average molecular weight is 254 g/mol. The van der Waals surface area contributed by atoms with E-state index in [-0.39, 0.29) is 4.90 Å². The van der Waals surface area contributed by atoms with Crippen molar-refractivity contribution in [1.82, 2.24) is 4.72 Å². The fourth-order valence-electron chi connectivity index (χ4n) is 2.04. The van der Waals surface area contributed by atoms with Crippen LogP contribution in [0.5, 0.6) is 0 Å². The quantitative estimate of drug-likeness (QED) is 0.803. The maximum atomic E-state index is 12.1. The molecule has 94 valence electrons. The lowest BCUT2D eigenvalue weighted by atomic mass is 9.86. The molecule has 0 amide bonds. The van der Waals surface area contributed by atoms with Crippen LogP contribution in [0.4, 0.5) is 5.69 Å². The highest BCUT2D eigenvalue weighted by Crippen LogP contribution is 2.27. The Hall–Kier alpha value is -1.07. The molecule has 1 aliphatic rings. The Morgan fingerprint density at radius 2 is 2.12 bits per heavy atom. The highest BCUT2D eigenvalue weighted by Gasteiger charge is 2.23. The Morgan fingerprint density at radius 3 is 2.65 bits per heavy atom. The number of sulfonamides is 1. The van der Waals surface area contributed by atoms with Gasteiger partial charge in [0.05, 0.1) is 5.69 Å². The first-order valence-electron chi connectivity index (χ1n) is 5.85. The van der Waals surface area contributed by atoms with Crippen LogP contribution in [0.25, 0.3) is 0 Å². The van der Waals surface area contributed by atoms with E-state index in [1.54, 1.807) is 25.1 Å². The van der Waals surface area contributed by atoms with Crippen molar-refractivity contribution in [3.63, 3.8) is 0 Å². The van der Waals surface area contributed by atoms with Crippen LogP contribution in [0.15, 0.2) is 23.1 Å². The van der Waals surface area contributed by atoms with Gasteiger partial charge in [-0.1, -0.05) is 18.6 Å². The van der Waals surface area contributed by atoms with Crippen LogP contribution in [0.1, 0.15) is 24.8 Å². The van der Waals surface area contributed by atoms with Gasteiger partial charge in [-0.2, -0.15) is 0 Å². The minimum absolute atomic E-state index is 0.222. The summed E-state index contributed by atoms with van der Waals surface area (Å²) in [7, 11) is -3.47. The molecular weight excluding hydrogens is 236 g/mol. The second kappa shape index (κ2) is 4.66. The summed E-state index contributed by atoms with van der Waals surface area (Å²) in [6, 6.07) is 5.13. The Labute approximate surface area is 102 Å². The molecule has 0 bridgehead atoms. The zero-order valence-electron chi connectivity index (χ0n) is 9.94. The Kier molecular flexibility index (Phi) is 3.40. The maximum absolute atomic E-state index is 12.1. The Balaban J connectivity index is 2.18. The van der Waals surface area contributed by atoms with Gasteiger partial charge in [-0.15, -0.1) is 0 Å². The van der Waals surface area contributed by atoms with Crippen molar-refractivity contribution >= 4 is 15.7 Å². The zero-order chi connectivity index (χ0) is 12.5. The van der Waals surface area contributed by atoms with Gasteiger partial charge in [0.1, 0.15) is 4.90 Å². The Morgan fingerprint density at radius 1 is 1.41 bits per heavy atom. The molecule has 0 unspecified atom stereocenters. The monoisotopic (exact) mass is 254 g/mol. The normalized spacial score (nSPS) is 16.8. The van der Waals surface area contributed by atoms with Gasteiger partial charge >= 0.3 is 0 Å².